The van der Waals surface area contributed by atoms with Gasteiger partial charge in [-0.25, -0.2) is 15.0 Å². The molecule has 2 aromatic rings. The lowest BCUT2D eigenvalue weighted by Crippen LogP contribution is -2.61. The zero-order chi connectivity index (χ0) is 15.4. The number of piperidine rings is 3. The van der Waals surface area contributed by atoms with Crippen LogP contribution in [0.15, 0.2) is 11.2 Å². The van der Waals surface area contributed by atoms with Crippen molar-refractivity contribution in [2.45, 2.75) is 25.4 Å². The van der Waals surface area contributed by atoms with Crippen molar-refractivity contribution >= 4 is 33.0 Å². The Kier molecular flexibility index (Phi) is 2.87. The number of hydrogen-bond donors (Lipinski definition) is 1. The molecular formula is C15H18N6OS. The van der Waals surface area contributed by atoms with Crippen LogP contribution < -0.4 is 5.32 Å². The number of amidine groups is 1. The summed E-state index contributed by atoms with van der Waals surface area (Å²) >= 11 is 1.48. The van der Waals surface area contributed by atoms with Gasteiger partial charge in [0.1, 0.15) is 5.60 Å². The fourth-order valence-corrected chi connectivity index (χ4v) is 4.73. The summed E-state index contributed by atoms with van der Waals surface area (Å²) in [6.07, 6.45) is 4.17. The smallest absolute Gasteiger partial charge is 0.291 e. The van der Waals surface area contributed by atoms with Crippen LogP contribution in [0.4, 0.5) is 5.13 Å². The van der Waals surface area contributed by atoms with Gasteiger partial charge in [0.15, 0.2) is 15.6 Å². The summed E-state index contributed by atoms with van der Waals surface area (Å²) in [5.74, 6) is 0.622. The highest BCUT2D eigenvalue weighted by Crippen LogP contribution is 2.41. The number of anilines is 1. The number of nitrogens with zero attached hydrogens (tertiary/aromatic N) is 5. The third kappa shape index (κ3) is 2.20. The minimum Gasteiger partial charge on any atom is -0.455 e. The van der Waals surface area contributed by atoms with E-state index in [2.05, 4.69) is 30.2 Å². The molecular weight excluding hydrogens is 312 g/mol. The molecule has 1 spiro atoms. The highest BCUT2D eigenvalue weighted by Gasteiger charge is 2.51. The van der Waals surface area contributed by atoms with Gasteiger partial charge in [-0.2, -0.15) is 4.98 Å². The summed E-state index contributed by atoms with van der Waals surface area (Å²) in [5, 5.41) is 3.96. The molecule has 1 atom stereocenters. The number of fused-ring (bicyclic) bond motifs is 3. The highest BCUT2D eigenvalue weighted by molar-refractivity contribution is 7.21. The van der Waals surface area contributed by atoms with Crippen molar-refractivity contribution in [2.75, 3.05) is 31.5 Å². The number of ether oxygens (including phenoxy) is 1. The van der Waals surface area contributed by atoms with E-state index >= 15 is 0 Å². The Hall–Kier alpha value is -1.80. The fourth-order valence-electron chi connectivity index (χ4n) is 3.90. The fraction of sp³-hybridized carbons (Fsp3) is 0.600. The summed E-state index contributed by atoms with van der Waals surface area (Å²) in [6.45, 7) is 6.08. The molecule has 1 unspecified atom stereocenters. The van der Waals surface area contributed by atoms with Crippen LogP contribution in [0.3, 0.4) is 0 Å². The minimum atomic E-state index is -0.122. The third-order valence-electron chi connectivity index (χ3n) is 5.07. The van der Waals surface area contributed by atoms with Gasteiger partial charge in [-0.1, -0.05) is 11.3 Å². The highest BCUT2D eigenvalue weighted by atomic mass is 32.1. The van der Waals surface area contributed by atoms with E-state index in [1.165, 1.54) is 37.3 Å². The molecule has 7 nitrogen and oxygen atoms in total. The van der Waals surface area contributed by atoms with Crippen LogP contribution in [0.2, 0.25) is 0 Å². The zero-order valence-corrected chi connectivity index (χ0v) is 13.8. The number of aromatic nitrogens is 3. The maximum atomic E-state index is 6.27. The molecule has 8 heteroatoms. The van der Waals surface area contributed by atoms with Crippen LogP contribution in [-0.4, -0.2) is 57.7 Å². The lowest BCUT2D eigenvalue weighted by molar-refractivity contribution is -0.0829. The molecule has 2 bridgehead atoms. The molecule has 1 N–H and O–H groups in total. The van der Waals surface area contributed by atoms with Gasteiger partial charge in [-0.05, 0) is 32.9 Å². The van der Waals surface area contributed by atoms with Gasteiger partial charge in [0, 0.05) is 12.5 Å². The standard InChI is InChI=1S/C15H18N6OS/c1-9-6-16-11-12(18-9)23-14(19-11)20-13-17-7-15(22-13)8-21-4-2-10(15)3-5-21/h6,10H,2-5,7-8H2,1H3,(H,16,17,19,20). The summed E-state index contributed by atoms with van der Waals surface area (Å²) < 4.78 is 6.27. The van der Waals surface area contributed by atoms with Crippen molar-refractivity contribution in [3.8, 4) is 0 Å². The second kappa shape index (κ2) is 4.85. The van der Waals surface area contributed by atoms with Crippen molar-refractivity contribution in [1.82, 2.24) is 19.9 Å². The number of hydrogen-bond acceptors (Lipinski definition) is 8. The number of rotatable bonds is 1. The van der Waals surface area contributed by atoms with Crippen molar-refractivity contribution in [3.63, 3.8) is 0 Å². The Morgan fingerprint density at radius 3 is 3.00 bits per heavy atom. The number of aryl methyl sites for hydroxylation is 1. The van der Waals surface area contributed by atoms with E-state index in [1.807, 2.05) is 6.92 Å². The Morgan fingerprint density at radius 2 is 2.22 bits per heavy atom. The normalized spacial score (nSPS) is 32.3. The first-order chi connectivity index (χ1) is 11.2. The summed E-state index contributed by atoms with van der Waals surface area (Å²) in [6, 6.07) is 0.592. The minimum absolute atomic E-state index is 0.122. The third-order valence-corrected chi connectivity index (χ3v) is 5.92. The van der Waals surface area contributed by atoms with Crippen molar-refractivity contribution in [3.05, 3.63) is 11.9 Å². The monoisotopic (exact) mass is 330 g/mol. The van der Waals surface area contributed by atoms with Crippen LogP contribution >= 0.6 is 11.3 Å². The molecule has 6 rings (SSSR count). The number of nitrogens with one attached hydrogen (secondary N) is 1. The van der Waals surface area contributed by atoms with Gasteiger partial charge >= 0.3 is 0 Å². The Bertz CT molecular complexity index is 796. The predicted octanol–water partition coefficient (Wildman–Crippen LogP) is 1.66. The molecule has 0 radical (unpaired) electrons. The average molecular weight is 330 g/mol. The largest absolute Gasteiger partial charge is 0.455 e. The molecule has 3 fully saturated rings. The second-order valence-electron chi connectivity index (χ2n) is 6.62. The molecule has 4 aliphatic heterocycles. The SMILES string of the molecule is Cc1cnc2nc(NC3=NCC4(CN5CCC4CC5)O3)sc2n1. The van der Waals surface area contributed by atoms with E-state index < -0.39 is 0 Å². The van der Waals surface area contributed by atoms with Crippen LogP contribution in [0.1, 0.15) is 18.5 Å². The first-order valence-electron chi connectivity index (χ1n) is 8.03. The number of thiazole rings is 1. The molecule has 6 heterocycles. The van der Waals surface area contributed by atoms with Crippen molar-refractivity contribution < 1.29 is 4.74 Å². The maximum Gasteiger partial charge on any atom is 0.291 e. The molecule has 0 amide bonds. The topological polar surface area (TPSA) is 75.5 Å². The molecule has 2 aromatic heterocycles. The molecule has 120 valence electrons. The zero-order valence-electron chi connectivity index (χ0n) is 12.9. The van der Waals surface area contributed by atoms with E-state index in [9.17, 15) is 0 Å². The Balaban J connectivity index is 1.35. The molecule has 0 aliphatic carbocycles. The summed E-state index contributed by atoms with van der Waals surface area (Å²) in [5.41, 5.74) is 1.44. The van der Waals surface area contributed by atoms with E-state index in [4.69, 9.17) is 4.74 Å². The predicted molar refractivity (Wildman–Crippen MR) is 88.9 cm³/mol. The lowest BCUT2D eigenvalue weighted by Gasteiger charge is -2.50. The first kappa shape index (κ1) is 13.6. The van der Waals surface area contributed by atoms with Gasteiger partial charge in [0.2, 0.25) is 0 Å². The maximum absolute atomic E-state index is 6.27. The Labute approximate surface area is 137 Å². The lowest BCUT2D eigenvalue weighted by atomic mass is 9.75. The van der Waals surface area contributed by atoms with Gasteiger partial charge < -0.3 is 4.74 Å². The first-order valence-corrected chi connectivity index (χ1v) is 8.85. The molecule has 4 aliphatic rings. The second-order valence-corrected chi connectivity index (χ2v) is 7.60. The molecule has 3 saturated heterocycles. The van der Waals surface area contributed by atoms with Crippen molar-refractivity contribution in [2.24, 2.45) is 10.9 Å². The van der Waals surface area contributed by atoms with Crippen LogP contribution in [0, 0.1) is 12.8 Å². The van der Waals surface area contributed by atoms with Gasteiger partial charge in [0.25, 0.3) is 6.02 Å². The van der Waals surface area contributed by atoms with Crippen LogP contribution in [0.5, 0.6) is 0 Å². The summed E-state index contributed by atoms with van der Waals surface area (Å²) in [7, 11) is 0. The van der Waals surface area contributed by atoms with E-state index in [0.717, 1.165) is 28.7 Å². The van der Waals surface area contributed by atoms with E-state index in [0.29, 0.717) is 17.6 Å². The van der Waals surface area contributed by atoms with Crippen LogP contribution in [-0.2, 0) is 4.74 Å². The van der Waals surface area contributed by atoms with E-state index in [1.54, 1.807) is 6.20 Å². The number of aliphatic imine (C=N–C) groups is 1. The van der Waals surface area contributed by atoms with E-state index in [-0.39, 0.29) is 5.60 Å². The molecule has 23 heavy (non-hydrogen) atoms. The van der Waals surface area contributed by atoms with Gasteiger partial charge in [-0.3, -0.25) is 10.2 Å². The van der Waals surface area contributed by atoms with Crippen molar-refractivity contribution in [1.29, 1.82) is 0 Å². The van der Waals surface area contributed by atoms with Crippen LogP contribution in [0.25, 0.3) is 10.5 Å². The van der Waals surface area contributed by atoms with Gasteiger partial charge in [-0.15, -0.1) is 0 Å². The summed E-state index contributed by atoms with van der Waals surface area (Å²) in [4.78, 5) is 21.1. The quantitative estimate of drug-likeness (QED) is 0.857. The Morgan fingerprint density at radius 1 is 1.35 bits per heavy atom. The average Bonchev–Trinajstić information content (AvgIpc) is 3.12. The molecule has 0 saturated carbocycles. The van der Waals surface area contributed by atoms with Gasteiger partial charge in [0.05, 0.1) is 18.4 Å². The molecule has 0 aromatic carbocycles.